The van der Waals surface area contributed by atoms with Gasteiger partial charge in [-0.1, -0.05) is 6.07 Å². The molecule has 0 saturated carbocycles. The Morgan fingerprint density at radius 1 is 1.30 bits per heavy atom. The summed E-state index contributed by atoms with van der Waals surface area (Å²) in [6, 6.07) is 6.61. The van der Waals surface area contributed by atoms with E-state index in [4.69, 9.17) is 5.11 Å². The number of anilines is 1. The normalized spacial score (nSPS) is 11.2. The lowest BCUT2D eigenvalue weighted by molar-refractivity contribution is -0.136. The van der Waals surface area contributed by atoms with Gasteiger partial charge < -0.3 is 5.11 Å². The van der Waals surface area contributed by atoms with Crippen molar-refractivity contribution in [3.63, 3.8) is 0 Å². The first-order valence-electron chi connectivity index (χ1n) is 5.64. The Morgan fingerprint density at radius 2 is 2.00 bits per heavy atom. The minimum absolute atomic E-state index is 0.349. The van der Waals surface area contributed by atoms with Gasteiger partial charge in [0, 0.05) is 0 Å². The van der Waals surface area contributed by atoms with Crippen molar-refractivity contribution in [3.05, 3.63) is 36.9 Å². The molecule has 1 aromatic carbocycles. The smallest absolute Gasteiger partial charge is 0.304 e. The van der Waals surface area contributed by atoms with Crippen LogP contribution in [0.4, 0.5) is 5.69 Å². The van der Waals surface area contributed by atoms with Crippen molar-refractivity contribution >= 4 is 21.7 Å². The predicted molar refractivity (Wildman–Crippen MR) is 71.0 cm³/mol. The molecule has 0 unspecified atom stereocenters. The summed E-state index contributed by atoms with van der Waals surface area (Å²) in [5.41, 5.74) is 1.04. The molecule has 106 valence electrons. The molecule has 2 N–H and O–H groups in total. The number of rotatable bonds is 6. The Bertz CT molecular complexity index is 697. The second-order valence-electron chi connectivity index (χ2n) is 3.98. The number of sulfonamides is 1. The second-order valence-corrected chi connectivity index (χ2v) is 5.83. The number of nitrogens with one attached hydrogen (secondary N) is 1. The highest BCUT2D eigenvalue weighted by Gasteiger charge is 2.13. The van der Waals surface area contributed by atoms with Crippen molar-refractivity contribution in [2.75, 3.05) is 10.5 Å². The van der Waals surface area contributed by atoms with E-state index in [0.717, 1.165) is 0 Å². The van der Waals surface area contributed by atoms with Crippen LogP contribution in [0.1, 0.15) is 6.42 Å². The summed E-state index contributed by atoms with van der Waals surface area (Å²) in [6.45, 7) is 0. The third-order valence-electron chi connectivity index (χ3n) is 2.42. The number of aliphatic carboxylic acids is 1. The Balaban J connectivity index is 2.14. The number of carboxylic acids is 1. The van der Waals surface area contributed by atoms with Crippen molar-refractivity contribution in [2.24, 2.45) is 0 Å². The summed E-state index contributed by atoms with van der Waals surface area (Å²) < 4.78 is 27.3. The van der Waals surface area contributed by atoms with Crippen LogP contribution in [0.2, 0.25) is 0 Å². The average molecular weight is 296 g/mol. The number of nitrogens with zero attached hydrogens (tertiary/aromatic N) is 3. The average Bonchev–Trinajstić information content (AvgIpc) is 2.90. The first kappa shape index (κ1) is 14.0. The molecule has 0 radical (unpaired) electrons. The third-order valence-corrected chi connectivity index (χ3v) is 3.71. The van der Waals surface area contributed by atoms with Gasteiger partial charge in [-0.15, -0.1) is 10.2 Å². The topological polar surface area (TPSA) is 114 Å². The molecule has 2 rings (SSSR count). The number of hydrogen-bond acceptors (Lipinski definition) is 5. The van der Waals surface area contributed by atoms with E-state index < -0.39 is 28.2 Å². The number of aromatic nitrogens is 3. The van der Waals surface area contributed by atoms with Gasteiger partial charge in [0.05, 0.1) is 23.5 Å². The number of carboxylic acid groups (broad SMARTS) is 1. The first-order chi connectivity index (χ1) is 9.46. The molecule has 0 aliphatic rings. The molecule has 0 saturated heterocycles. The third kappa shape index (κ3) is 3.79. The van der Waals surface area contributed by atoms with E-state index in [9.17, 15) is 13.2 Å². The zero-order chi connectivity index (χ0) is 14.6. The molecule has 0 bridgehead atoms. The highest BCUT2D eigenvalue weighted by molar-refractivity contribution is 7.92. The summed E-state index contributed by atoms with van der Waals surface area (Å²) >= 11 is 0. The van der Waals surface area contributed by atoms with Gasteiger partial charge in [0.1, 0.15) is 12.7 Å². The molecule has 0 aliphatic heterocycles. The van der Waals surface area contributed by atoms with Crippen LogP contribution in [-0.4, -0.2) is 40.0 Å². The largest absolute Gasteiger partial charge is 0.481 e. The Kier molecular flexibility index (Phi) is 3.99. The summed E-state index contributed by atoms with van der Waals surface area (Å²) in [5.74, 6) is -1.63. The summed E-state index contributed by atoms with van der Waals surface area (Å²) in [4.78, 5) is 10.4. The fraction of sp³-hybridized carbons (Fsp3) is 0.182. The molecular weight excluding hydrogens is 284 g/mol. The standard InChI is InChI=1S/C11H12N4O4S/c16-11(17)4-5-20(18,19)14-9-2-1-3-10(6-9)15-7-12-13-8-15/h1-3,6-8,14H,4-5H2,(H,16,17). The molecule has 1 aromatic heterocycles. The van der Waals surface area contributed by atoms with Gasteiger partial charge in [-0.3, -0.25) is 14.1 Å². The monoisotopic (exact) mass is 296 g/mol. The lowest BCUT2D eigenvalue weighted by Crippen LogP contribution is -2.18. The van der Waals surface area contributed by atoms with E-state index in [0.29, 0.717) is 11.4 Å². The highest BCUT2D eigenvalue weighted by Crippen LogP contribution is 2.15. The zero-order valence-electron chi connectivity index (χ0n) is 10.3. The number of benzene rings is 1. The highest BCUT2D eigenvalue weighted by atomic mass is 32.2. The molecule has 0 atom stereocenters. The Hall–Kier alpha value is -2.42. The van der Waals surface area contributed by atoms with Crippen molar-refractivity contribution in [2.45, 2.75) is 6.42 Å². The van der Waals surface area contributed by atoms with Gasteiger partial charge in [-0.05, 0) is 18.2 Å². The van der Waals surface area contributed by atoms with E-state index in [1.54, 1.807) is 28.8 Å². The fourth-order valence-electron chi connectivity index (χ4n) is 1.52. The predicted octanol–water partition coefficient (Wildman–Crippen LogP) is 0.484. The van der Waals surface area contributed by atoms with Crippen LogP contribution in [0.25, 0.3) is 5.69 Å². The van der Waals surface area contributed by atoms with Crippen LogP contribution in [0, 0.1) is 0 Å². The van der Waals surface area contributed by atoms with E-state index in [1.807, 2.05) is 0 Å². The van der Waals surface area contributed by atoms with Gasteiger partial charge in [-0.2, -0.15) is 0 Å². The van der Waals surface area contributed by atoms with E-state index in [1.165, 1.54) is 12.7 Å². The van der Waals surface area contributed by atoms with Crippen LogP contribution in [-0.2, 0) is 14.8 Å². The maximum absolute atomic E-state index is 11.7. The van der Waals surface area contributed by atoms with Crippen molar-refractivity contribution in [1.29, 1.82) is 0 Å². The zero-order valence-corrected chi connectivity index (χ0v) is 11.1. The molecule has 0 amide bonds. The molecule has 0 aliphatic carbocycles. The molecule has 0 spiro atoms. The van der Waals surface area contributed by atoms with Crippen LogP contribution < -0.4 is 4.72 Å². The summed E-state index contributed by atoms with van der Waals surface area (Å²) in [5, 5.41) is 15.8. The van der Waals surface area contributed by atoms with Gasteiger partial charge >= 0.3 is 5.97 Å². The van der Waals surface area contributed by atoms with E-state index in [2.05, 4.69) is 14.9 Å². The molecule has 0 fully saturated rings. The minimum atomic E-state index is -3.69. The molecular formula is C11H12N4O4S. The number of carbonyl (C=O) groups is 1. The maximum atomic E-state index is 11.7. The number of hydrogen-bond donors (Lipinski definition) is 2. The maximum Gasteiger partial charge on any atom is 0.304 e. The molecule has 1 heterocycles. The summed E-state index contributed by atoms with van der Waals surface area (Å²) in [6.07, 6.45) is 2.52. The Labute approximate surface area is 115 Å². The first-order valence-corrected chi connectivity index (χ1v) is 7.29. The Morgan fingerprint density at radius 3 is 2.65 bits per heavy atom. The summed E-state index contributed by atoms with van der Waals surface area (Å²) in [7, 11) is -3.69. The molecule has 9 heteroatoms. The lowest BCUT2D eigenvalue weighted by atomic mass is 10.3. The van der Waals surface area contributed by atoms with Gasteiger partial charge in [0.15, 0.2) is 0 Å². The SMILES string of the molecule is O=C(O)CCS(=O)(=O)Nc1cccc(-n2cnnc2)c1. The van der Waals surface area contributed by atoms with Crippen LogP contribution >= 0.6 is 0 Å². The molecule has 20 heavy (non-hydrogen) atoms. The van der Waals surface area contributed by atoms with E-state index in [-0.39, 0.29) is 0 Å². The minimum Gasteiger partial charge on any atom is -0.481 e. The quantitative estimate of drug-likeness (QED) is 0.801. The van der Waals surface area contributed by atoms with Crippen LogP contribution in [0.15, 0.2) is 36.9 Å². The molecule has 2 aromatic rings. The van der Waals surface area contributed by atoms with Crippen LogP contribution in [0.5, 0.6) is 0 Å². The fourth-order valence-corrected chi connectivity index (χ4v) is 2.55. The van der Waals surface area contributed by atoms with Crippen molar-refractivity contribution in [3.8, 4) is 5.69 Å². The van der Waals surface area contributed by atoms with Crippen molar-refractivity contribution < 1.29 is 18.3 Å². The van der Waals surface area contributed by atoms with Gasteiger partial charge in [0.25, 0.3) is 0 Å². The van der Waals surface area contributed by atoms with Crippen LogP contribution in [0.3, 0.4) is 0 Å². The second kappa shape index (κ2) is 5.70. The molecule has 8 nitrogen and oxygen atoms in total. The van der Waals surface area contributed by atoms with E-state index >= 15 is 0 Å². The van der Waals surface area contributed by atoms with Crippen molar-refractivity contribution in [1.82, 2.24) is 14.8 Å². The lowest BCUT2D eigenvalue weighted by Gasteiger charge is -2.08. The van der Waals surface area contributed by atoms with Gasteiger partial charge in [0.2, 0.25) is 10.0 Å². The van der Waals surface area contributed by atoms with Gasteiger partial charge in [-0.25, -0.2) is 8.42 Å².